The van der Waals surface area contributed by atoms with Crippen LogP contribution in [0, 0.1) is 23.7 Å². The van der Waals surface area contributed by atoms with Gasteiger partial charge in [-0.3, -0.25) is 0 Å². The minimum absolute atomic E-state index is 0.0696. The summed E-state index contributed by atoms with van der Waals surface area (Å²) in [5, 5.41) is 31.5. The van der Waals surface area contributed by atoms with E-state index >= 15 is 0 Å². The van der Waals surface area contributed by atoms with Crippen LogP contribution in [0.15, 0.2) is 48.5 Å². The van der Waals surface area contributed by atoms with Gasteiger partial charge in [0.2, 0.25) is 0 Å². The lowest BCUT2D eigenvalue weighted by Crippen LogP contribution is -2.46. The van der Waals surface area contributed by atoms with E-state index in [4.69, 9.17) is 33.0 Å². The fourth-order valence-corrected chi connectivity index (χ4v) is 5.68. The Balaban J connectivity index is 0.000000236. The molecule has 8 nitrogen and oxygen atoms in total. The second-order valence-electron chi connectivity index (χ2n) is 11.1. The standard InChI is InChI=1S/C17H20ClNO3.C16H18ClNO3/c1-19(16(20)22-2)15-7-4-9-17(21,12-15)10-8-13-5-3-6-14(18)11-13;1-18(15(19)20)14-6-3-8-16(21,11-14)9-7-12-4-2-5-13(17)10-12/h3,5-6,11,15,21H,4,7,9,12H2,1-2H3;2,4-5,10,14,21H,3,6,8,11H2,1H3,(H,19,20). The topological polar surface area (TPSA) is 111 Å². The van der Waals surface area contributed by atoms with Crippen molar-refractivity contribution in [2.24, 2.45) is 0 Å². The number of nitrogens with zero attached hydrogens (tertiary/aromatic N) is 2. The van der Waals surface area contributed by atoms with E-state index in [9.17, 15) is 19.8 Å². The molecule has 0 aliphatic heterocycles. The van der Waals surface area contributed by atoms with Crippen LogP contribution in [0.3, 0.4) is 0 Å². The molecule has 2 aliphatic carbocycles. The molecule has 4 atom stereocenters. The van der Waals surface area contributed by atoms with Gasteiger partial charge in [0.1, 0.15) is 11.2 Å². The molecule has 0 aromatic heterocycles. The van der Waals surface area contributed by atoms with Crippen LogP contribution in [0.5, 0.6) is 0 Å². The Morgan fingerprint density at radius 2 is 1.28 bits per heavy atom. The molecule has 0 heterocycles. The maximum Gasteiger partial charge on any atom is 0.409 e. The fourth-order valence-electron chi connectivity index (χ4n) is 5.30. The number of carbonyl (C=O) groups excluding carboxylic acids is 1. The predicted molar refractivity (Wildman–Crippen MR) is 167 cm³/mol. The second-order valence-corrected chi connectivity index (χ2v) is 11.9. The normalized spacial score (nSPS) is 24.4. The molecule has 4 rings (SSSR count). The number of carbonyl (C=O) groups is 2. The third-order valence-electron chi connectivity index (χ3n) is 7.79. The number of rotatable bonds is 2. The summed E-state index contributed by atoms with van der Waals surface area (Å²) in [6.45, 7) is 0. The quantitative estimate of drug-likeness (QED) is 0.350. The van der Waals surface area contributed by atoms with Crippen molar-refractivity contribution in [1.82, 2.24) is 9.80 Å². The third kappa shape index (κ3) is 10.4. The molecule has 0 spiro atoms. The summed E-state index contributed by atoms with van der Waals surface area (Å²) in [6.07, 6.45) is 3.71. The van der Waals surface area contributed by atoms with Crippen molar-refractivity contribution in [2.75, 3.05) is 21.2 Å². The van der Waals surface area contributed by atoms with Crippen LogP contribution < -0.4 is 0 Å². The first-order chi connectivity index (χ1) is 20.3. The Labute approximate surface area is 263 Å². The number of aliphatic hydroxyl groups is 2. The second kappa shape index (κ2) is 15.4. The molecule has 43 heavy (non-hydrogen) atoms. The van der Waals surface area contributed by atoms with Crippen molar-refractivity contribution in [3.63, 3.8) is 0 Å². The van der Waals surface area contributed by atoms with Crippen LogP contribution in [0.4, 0.5) is 9.59 Å². The number of hydrogen-bond donors (Lipinski definition) is 3. The lowest BCUT2D eigenvalue weighted by Gasteiger charge is -2.37. The highest BCUT2D eigenvalue weighted by molar-refractivity contribution is 6.30. The van der Waals surface area contributed by atoms with E-state index in [1.54, 1.807) is 37.4 Å². The molecule has 2 fully saturated rings. The molecule has 2 amide bonds. The highest BCUT2D eigenvalue weighted by Crippen LogP contribution is 2.32. The molecule has 0 bridgehead atoms. The average Bonchev–Trinajstić information content (AvgIpc) is 2.98. The van der Waals surface area contributed by atoms with Gasteiger partial charge in [0, 0.05) is 60.2 Å². The summed E-state index contributed by atoms with van der Waals surface area (Å²) in [6, 6.07) is 14.1. The minimum Gasteiger partial charge on any atom is -0.465 e. The largest absolute Gasteiger partial charge is 0.465 e. The van der Waals surface area contributed by atoms with Gasteiger partial charge in [0.15, 0.2) is 0 Å². The summed E-state index contributed by atoms with van der Waals surface area (Å²) in [7, 11) is 4.57. The number of benzene rings is 2. The summed E-state index contributed by atoms with van der Waals surface area (Å²) in [4.78, 5) is 25.4. The maximum absolute atomic E-state index is 11.6. The highest BCUT2D eigenvalue weighted by Gasteiger charge is 2.37. The van der Waals surface area contributed by atoms with Crippen molar-refractivity contribution in [2.45, 2.75) is 74.7 Å². The highest BCUT2D eigenvalue weighted by atomic mass is 35.5. The zero-order valence-electron chi connectivity index (χ0n) is 24.6. The summed E-state index contributed by atoms with van der Waals surface area (Å²) >= 11 is 11.8. The van der Waals surface area contributed by atoms with Crippen LogP contribution in [0.25, 0.3) is 0 Å². The first-order valence-corrected chi connectivity index (χ1v) is 14.9. The number of hydrogen-bond acceptors (Lipinski definition) is 5. The monoisotopic (exact) mass is 628 g/mol. The van der Waals surface area contributed by atoms with E-state index in [1.165, 1.54) is 24.0 Å². The van der Waals surface area contributed by atoms with Crippen LogP contribution in [0.2, 0.25) is 10.0 Å². The summed E-state index contributed by atoms with van der Waals surface area (Å²) < 4.78 is 4.73. The molecule has 2 aromatic carbocycles. The molecule has 2 aliphatic rings. The van der Waals surface area contributed by atoms with Crippen molar-refractivity contribution >= 4 is 35.4 Å². The number of methoxy groups -OCH3 is 1. The number of ether oxygens (including phenoxy) is 1. The first-order valence-electron chi connectivity index (χ1n) is 14.1. The number of carboxylic acid groups (broad SMARTS) is 1. The molecule has 3 N–H and O–H groups in total. The predicted octanol–water partition coefficient (Wildman–Crippen LogP) is 6.04. The van der Waals surface area contributed by atoms with Gasteiger partial charge in [-0.05, 0) is 74.9 Å². The van der Waals surface area contributed by atoms with Gasteiger partial charge in [-0.2, -0.15) is 0 Å². The van der Waals surface area contributed by atoms with Gasteiger partial charge in [0.05, 0.1) is 7.11 Å². The Morgan fingerprint density at radius 1 is 0.837 bits per heavy atom. The van der Waals surface area contributed by atoms with Gasteiger partial charge in [-0.1, -0.05) is 59.0 Å². The molecule has 0 saturated heterocycles. The van der Waals surface area contributed by atoms with Crippen LogP contribution in [-0.4, -0.2) is 81.8 Å². The Morgan fingerprint density at radius 3 is 1.67 bits per heavy atom. The molecule has 2 saturated carbocycles. The van der Waals surface area contributed by atoms with E-state index in [0.717, 1.165) is 36.8 Å². The van der Waals surface area contributed by atoms with Crippen molar-refractivity contribution in [3.8, 4) is 23.7 Å². The molecule has 2 aromatic rings. The lowest BCUT2D eigenvalue weighted by molar-refractivity contribution is 0.0196. The zero-order valence-corrected chi connectivity index (χ0v) is 26.2. The summed E-state index contributed by atoms with van der Waals surface area (Å²) in [5.74, 6) is 11.8. The number of halogens is 2. The van der Waals surface area contributed by atoms with Crippen LogP contribution in [-0.2, 0) is 4.74 Å². The van der Waals surface area contributed by atoms with E-state index in [-0.39, 0.29) is 12.1 Å². The van der Waals surface area contributed by atoms with Gasteiger partial charge in [0.25, 0.3) is 0 Å². The van der Waals surface area contributed by atoms with Gasteiger partial charge >= 0.3 is 12.2 Å². The van der Waals surface area contributed by atoms with Crippen LogP contribution in [0.1, 0.15) is 62.5 Å². The fraction of sp³-hybridized carbons (Fsp3) is 0.455. The van der Waals surface area contributed by atoms with Gasteiger partial charge in [-0.15, -0.1) is 0 Å². The molecule has 10 heteroatoms. The Bertz CT molecular complexity index is 1410. The smallest absolute Gasteiger partial charge is 0.409 e. The van der Waals surface area contributed by atoms with E-state index in [1.807, 2.05) is 18.2 Å². The minimum atomic E-state index is -1.14. The van der Waals surface area contributed by atoms with Crippen molar-refractivity contribution < 1.29 is 29.6 Å². The molecule has 4 unspecified atom stereocenters. The maximum atomic E-state index is 11.6. The molecule has 230 valence electrons. The first kappa shape index (κ1) is 34.1. The molecular formula is C33H38Cl2N2O6. The van der Waals surface area contributed by atoms with Crippen LogP contribution >= 0.6 is 23.2 Å². The lowest BCUT2D eigenvalue weighted by atomic mass is 9.81. The van der Waals surface area contributed by atoms with Crippen molar-refractivity contribution in [3.05, 3.63) is 69.7 Å². The zero-order chi connectivity index (χ0) is 31.6. The van der Waals surface area contributed by atoms with E-state index < -0.39 is 23.4 Å². The van der Waals surface area contributed by atoms with Gasteiger partial charge < -0.3 is 29.9 Å². The average molecular weight is 630 g/mol. The van der Waals surface area contributed by atoms with Crippen molar-refractivity contribution in [1.29, 1.82) is 0 Å². The SMILES string of the molecule is CN(C(=O)O)C1CCCC(O)(C#Cc2cccc(Cl)c2)C1.COC(=O)N(C)C1CCCC(O)(C#Cc2cccc(Cl)c2)C1. The molecule has 0 radical (unpaired) electrons. The molecular weight excluding hydrogens is 591 g/mol. The third-order valence-corrected chi connectivity index (χ3v) is 8.26. The van der Waals surface area contributed by atoms with E-state index in [0.29, 0.717) is 35.7 Å². The van der Waals surface area contributed by atoms with E-state index in [2.05, 4.69) is 23.7 Å². The summed E-state index contributed by atoms with van der Waals surface area (Å²) in [5.41, 5.74) is -0.725. The Kier molecular flexibility index (Phi) is 12.2. The Hall–Kier alpha value is -3.40. The van der Waals surface area contributed by atoms with Gasteiger partial charge in [-0.25, -0.2) is 9.59 Å². The number of amides is 2.